The van der Waals surface area contributed by atoms with Gasteiger partial charge in [0.2, 0.25) is 0 Å². The molecule has 2 aromatic carbocycles. The Hall–Kier alpha value is -0.800. The zero-order chi connectivity index (χ0) is 12.3. The van der Waals surface area contributed by atoms with Crippen LogP contribution >= 0.6 is 27.7 Å². The number of rotatable bonds is 3. The third kappa shape index (κ3) is 3.58. The summed E-state index contributed by atoms with van der Waals surface area (Å²) in [6.07, 6.45) is 0. The lowest BCUT2D eigenvalue weighted by atomic mass is 10.2. The van der Waals surface area contributed by atoms with Crippen LogP contribution in [0.25, 0.3) is 0 Å². The molecule has 0 atom stereocenters. The van der Waals surface area contributed by atoms with Gasteiger partial charge in [0, 0.05) is 10.6 Å². The van der Waals surface area contributed by atoms with Crippen molar-refractivity contribution in [3.05, 3.63) is 63.9 Å². The van der Waals surface area contributed by atoms with Gasteiger partial charge < -0.3 is 0 Å². The fraction of sp³-hybridized carbons (Fsp3) is 0.143. The Labute approximate surface area is 113 Å². The van der Waals surface area contributed by atoms with Crippen LogP contribution in [0, 0.1) is 12.7 Å². The van der Waals surface area contributed by atoms with E-state index in [4.69, 9.17) is 0 Å². The van der Waals surface area contributed by atoms with Crippen molar-refractivity contribution in [2.24, 2.45) is 0 Å². The molecule has 0 bridgehead atoms. The van der Waals surface area contributed by atoms with Crippen LogP contribution in [0.5, 0.6) is 0 Å². The van der Waals surface area contributed by atoms with Crippen LogP contribution in [-0.4, -0.2) is 0 Å². The van der Waals surface area contributed by atoms with Crippen LogP contribution in [0.2, 0.25) is 0 Å². The number of hydrogen-bond donors (Lipinski definition) is 0. The number of halogens is 2. The molecule has 17 heavy (non-hydrogen) atoms. The average molecular weight is 311 g/mol. The zero-order valence-electron chi connectivity index (χ0n) is 9.41. The lowest BCUT2D eigenvalue weighted by Gasteiger charge is -2.04. The van der Waals surface area contributed by atoms with Gasteiger partial charge in [-0.1, -0.05) is 23.8 Å². The van der Waals surface area contributed by atoms with Crippen LogP contribution in [0.4, 0.5) is 4.39 Å². The summed E-state index contributed by atoms with van der Waals surface area (Å²) in [6.45, 7) is 2.08. The van der Waals surface area contributed by atoms with E-state index >= 15 is 0 Å². The standard InChI is InChI=1S/C14H12BrFS/c1-10-3-2-4-12(7-10)17-9-11-5-6-14(16)13(15)8-11/h2-8H,9H2,1H3. The van der Waals surface area contributed by atoms with Crippen LogP contribution < -0.4 is 0 Å². The Bertz CT molecular complexity index is 525. The first-order valence-electron chi connectivity index (χ1n) is 5.28. The molecule has 0 spiro atoms. The highest BCUT2D eigenvalue weighted by Crippen LogP contribution is 2.25. The minimum absolute atomic E-state index is 0.214. The summed E-state index contributed by atoms with van der Waals surface area (Å²) in [6, 6.07) is 13.5. The topological polar surface area (TPSA) is 0 Å². The molecule has 3 heteroatoms. The monoisotopic (exact) mass is 310 g/mol. The van der Waals surface area contributed by atoms with Gasteiger partial charge in [-0.15, -0.1) is 11.8 Å². The summed E-state index contributed by atoms with van der Waals surface area (Å²) < 4.78 is 13.6. The number of hydrogen-bond acceptors (Lipinski definition) is 1. The molecule has 0 nitrogen and oxygen atoms in total. The van der Waals surface area contributed by atoms with Gasteiger partial charge in [0.25, 0.3) is 0 Å². The van der Waals surface area contributed by atoms with E-state index in [0.717, 1.165) is 11.3 Å². The Morgan fingerprint density at radius 3 is 2.71 bits per heavy atom. The highest BCUT2D eigenvalue weighted by atomic mass is 79.9. The van der Waals surface area contributed by atoms with E-state index in [-0.39, 0.29) is 5.82 Å². The first-order valence-corrected chi connectivity index (χ1v) is 7.06. The molecule has 2 rings (SSSR count). The van der Waals surface area contributed by atoms with E-state index in [1.54, 1.807) is 11.8 Å². The molecule has 0 amide bonds. The van der Waals surface area contributed by atoms with Gasteiger partial charge >= 0.3 is 0 Å². The average Bonchev–Trinajstić information content (AvgIpc) is 2.31. The van der Waals surface area contributed by atoms with Gasteiger partial charge in [0.1, 0.15) is 5.82 Å². The van der Waals surface area contributed by atoms with E-state index in [0.29, 0.717) is 4.47 Å². The summed E-state index contributed by atoms with van der Waals surface area (Å²) in [5.41, 5.74) is 2.38. The molecule has 0 aliphatic heterocycles. The third-order valence-electron chi connectivity index (χ3n) is 2.38. The van der Waals surface area contributed by atoms with Crippen molar-refractivity contribution in [3.63, 3.8) is 0 Å². The van der Waals surface area contributed by atoms with Gasteiger partial charge in [0.15, 0.2) is 0 Å². The molecule has 0 unspecified atom stereocenters. The Kier molecular flexibility index (Phi) is 4.24. The molecule has 0 aromatic heterocycles. The van der Waals surface area contributed by atoms with E-state index in [2.05, 4.69) is 47.1 Å². The lowest BCUT2D eigenvalue weighted by Crippen LogP contribution is -1.84. The van der Waals surface area contributed by atoms with Crippen molar-refractivity contribution < 1.29 is 4.39 Å². The van der Waals surface area contributed by atoms with Crippen molar-refractivity contribution in [3.8, 4) is 0 Å². The molecule has 0 radical (unpaired) electrons. The van der Waals surface area contributed by atoms with Gasteiger partial charge in [-0.2, -0.15) is 0 Å². The summed E-state index contributed by atoms with van der Waals surface area (Å²) in [4.78, 5) is 1.24. The molecule has 0 heterocycles. The Morgan fingerprint density at radius 2 is 2.00 bits per heavy atom. The van der Waals surface area contributed by atoms with Crippen LogP contribution in [-0.2, 0) is 5.75 Å². The number of thioether (sulfide) groups is 1. The third-order valence-corrected chi connectivity index (χ3v) is 4.05. The number of benzene rings is 2. The Morgan fingerprint density at radius 1 is 1.18 bits per heavy atom. The van der Waals surface area contributed by atoms with Crippen molar-refractivity contribution >= 4 is 27.7 Å². The summed E-state index contributed by atoms with van der Waals surface area (Å²) in [7, 11) is 0. The van der Waals surface area contributed by atoms with E-state index in [9.17, 15) is 4.39 Å². The van der Waals surface area contributed by atoms with Crippen molar-refractivity contribution in [2.45, 2.75) is 17.6 Å². The smallest absolute Gasteiger partial charge is 0.137 e. The van der Waals surface area contributed by atoms with Gasteiger partial charge in [-0.05, 0) is 52.7 Å². The molecule has 0 fully saturated rings. The largest absolute Gasteiger partial charge is 0.206 e. The van der Waals surface area contributed by atoms with Crippen molar-refractivity contribution in [1.82, 2.24) is 0 Å². The summed E-state index contributed by atoms with van der Waals surface area (Å²) >= 11 is 4.96. The van der Waals surface area contributed by atoms with E-state index in [1.807, 2.05) is 12.1 Å². The molecule has 0 aliphatic rings. The molecule has 0 aliphatic carbocycles. The summed E-state index contributed by atoms with van der Waals surface area (Å²) in [5.74, 6) is 0.636. The second kappa shape index (κ2) is 5.69. The first-order chi connectivity index (χ1) is 8.15. The molecular weight excluding hydrogens is 299 g/mol. The second-order valence-electron chi connectivity index (χ2n) is 3.85. The highest BCUT2D eigenvalue weighted by molar-refractivity contribution is 9.10. The fourth-order valence-corrected chi connectivity index (χ4v) is 2.88. The molecular formula is C14H12BrFS. The maximum Gasteiger partial charge on any atom is 0.137 e. The minimum atomic E-state index is -0.214. The predicted octanol–water partition coefficient (Wildman–Crippen LogP) is 5.19. The van der Waals surface area contributed by atoms with Crippen LogP contribution in [0.1, 0.15) is 11.1 Å². The molecule has 2 aromatic rings. The molecule has 88 valence electrons. The van der Waals surface area contributed by atoms with Gasteiger partial charge in [-0.3, -0.25) is 0 Å². The van der Waals surface area contributed by atoms with Gasteiger partial charge in [0.05, 0.1) is 4.47 Å². The van der Waals surface area contributed by atoms with Gasteiger partial charge in [-0.25, -0.2) is 4.39 Å². The normalized spacial score (nSPS) is 10.5. The number of aryl methyl sites for hydroxylation is 1. The lowest BCUT2D eigenvalue weighted by molar-refractivity contribution is 0.620. The predicted molar refractivity (Wildman–Crippen MR) is 74.8 cm³/mol. The maximum absolute atomic E-state index is 13.1. The zero-order valence-corrected chi connectivity index (χ0v) is 11.8. The minimum Gasteiger partial charge on any atom is -0.206 e. The maximum atomic E-state index is 13.1. The van der Waals surface area contributed by atoms with Crippen LogP contribution in [0.15, 0.2) is 51.8 Å². The van der Waals surface area contributed by atoms with Crippen molar-refractivity contribution in [2.75, 3.05) is 0 Å². The first kappa shape index (κ1) is 12.7. The molecule has 0 saturated heterocycles. The fourth-order valence-electron chi connectivity index (χ4n) is 1.50. The quantitative estimate of drug-likeness (QED) is 0.703. The van der Waals surface area contributed by atoms with E-state index < -0.39 is 0 Å². The molecule has 0 saturated carbocycles. The van der Waals surface area contributed by atoms with Crippen molar-refractivity contribution in [1.29, 1.82) is 0 Å². The second-order valence-corrected chi connectivity index (χ2v) is 5.76. The summed E-state index contributed by atoms with van der Waals surface area (Å²) in [5, 5.41) is 0. The van der Waals surface area contributed by atoms with E-state index in [1.165, 1.54) is 16.5 Å². The molecule has 0 N–H and O–H groups in total. The van der Waals surface area contributed by atoms with Crippen LogP contribution in [0.3, 0.4) is 0 Å². The Balaban J connectivity index is 2.05. The SMILES string of the molecule is Cc1cccc(SCc2ccc(F)c(Br)c2)c1. The highest BCUT2D eigenvalue weighted by Gasteiger charge is 2.01.